The third-order valence-electron chi connectivity index (χ3n) is 5.21. The molecule has 0 amide bonds. The van der Waals surface area contributed by atoms with Crippen molar-refractivity contribution in [2.45, 2.75) is 32.8 Å². The minimum absolute atomic E-state index is 0.377. The van der Waals surface area contributed by atoms with Gasteiger partial charge in [0.15, 0.2) is 11.5 Å². The molecule has 0 bridgehead atoms. The van der Waals surface area contributed by atoms with Crippen LogP contribution < -0.4 is 0 Å². The molecular weight excluding hydrogens is 326 g/mol. The maximum Gasteiger partial charge on any atom is 0.183 e. The van der Waals surface area contributed by atoms with E-state index in [1.54, 1.807) is 6.20 Å². The monoisotopic (exact) mass is 345 g/mol. The fourth-order valence-electron chi connectivity index (χ4n) is 3.53. The van der Waals surface area contributed by atoms with E-state index in [1.807, 2.05) is 48.7 Å². The van der Waals surface area contributed by atoms with Crippen molar-refractivity contribution in [3.63, 3.8) is 0 Å². The van der Waals surface area contributed by atoms with Gasteiger partial charge in [-0.15, -0.1) is 10.2 Å². The molecule has 0 spiro atoms. The molecule has 1 unspecified atom stereocenters. The standard InChI is InChI=1S/C20H19N5O/c1-11-7-8-21-10-15(11)20-24-23-19-12(2)22-16-6-5-14(9-17(16)25(19)20)18(26)13-3-4-13/h5-10,13,18,26H,3-4H2,1-2H3. The van der Waals surface area contributed by atoms with Crippen LogP contribution in [0.15, 0.2) is 36.7 Å². The Balaban J connectivity index is 1.83. The van der Waals surface area contributed by atoms with Crippen molar-refractivity contribution in [1.29, 1.82) is 0 Å². The van der Waals surface area contributed by atoms with Gasteiger partial charge in [-0.05, 0) is 61.9 Å². The summed E-state index contributed by atoms with van der Waals surface area (Å²) in [5.74, 6) is 1.13. The predicted molar refractivity (Wildman–Crippen MR) is 98.7 cm³/mol. The molecule has 4 aromatic rings. The molecular formula is C20H19N5O. The number of hydrogen-bond acceptors (Lipinski definition) is 5. The number of aryl methyl sites for hydroxylation is 2. The van der Waals surface area contributed by atoms with Gasteiger partial charge in [-0.3, -0.25) is 9.38 Å². The Labute approximate surface area is 150 Å². The normalized spacial score (nSPS) is 15.7. The summed E-state index contributed by atoms with van der Waals surface area (Å²) >= 11 is 0. The third kappa shape index (κ3) is 2.29. The summed E-state index contributed by atoms with van der Waals surface area (Å²) in [7, 11) is 0. The fraction of sp³-hybridized carbons (Fsp3) is 0.300. The first-order valence-electron chi connectivity index (χ1n) is 8.88. The van der Waals surface area contributed by atoms with Crippen molar-refractivity contribution in [1.82, 2.24) is 24.6 Å². The molecule has 1 aromatic carbocycles. The quantitative estimate of drug-likeness (QED) is 0.616. The number of aliphatic hydroxyl groups excluding tert-OH is 1. The molecule has 1 saturated carbocycles. The highest BCUT2D eigenvalue weighted by Crippen LogP contribution is 2.41. The van der Waals surface area contributed by atoms with Crippen LogP contribution >= 0.6 is 0 Å². The second kappa shape index (κ2) is 5.57. The van der Waals surface area contributed by atoms with Crippen LogP contribution in [0.3, 0.4) is 0 Å². The molecule has 6 nitrogen and oxygen atoms in total. The van der Waals surface area contributed by atoms with Gasteiger partial charge >= 0.3 is 0 Å². The molecule has 1 N–H and O–H groups in total. The Morgan fingerprint density at radius 3 is 2.77 bits per heavy atom. The SMILES string of the molecule is Cc1ccncc1-c1nnc2c(C)nc3ccc(C(O)C4CC4)cc3n12. The second-order valence-electron chi connectivity index (χ2n) is 7.10. The van der Waals surface area contributed by atoms with Crippen molar-refractivity contribution >= 4 is 16.7 Å². The van der Waals surface area contributed by atoms with Crippen molar-refractivity contribution in [3.8, 4) is 11.4 Å². The van der Waals surface area contributed by atoms with Crippen molar-refractivity contribution in [2.24, 2.45) is 5.92 Å². The molecule has 130 valence electrons. The zero-order valence-corrected chi connectivity index (χ0v) is 14.7. The van der Waals surface area contributed by atoms with Crippen LogP contribution in [-0.4, -0.2) is 29.7 Å². The average Bonchev–Trinajstić information content (AvgIpc) is 3.40. The summed E-state index contributed by atoms with van der Waals surface area (Å²) in [4.78, 5) is 8.92. The zero-order valence-electron chi connectivity index (χ0n) is 14.7. The highest BCUT2D eigenvalue weighted by molar-refractivity contribution is 5.82. The topological polar surface area (TPSA) is 76.2 Å². The van der Waals surface area contributed by atoms with Crippen LogP contribution in [0.4, 0.5) is 0 Å². The zero-order chi connectivity index (χ0) is 17.8. The smallest absolute Gasteiger partial charge is 0.183 e. The van der Waals surface area contributed by atoms with Gasteiger partial charge in [0, 0.05) is 18.0 Å². The number of rotatable bonds is 3. The van der Waals surface area contributed by atoms with Gasteiger partial charge in [-0.25, -0.2) is 4.98 Å². The maximum atomic E-state index is 10.6. The van der Waals surface area contributed by atoms with Gasteiger partial charge in [-0.1, -0.05) is 6.07 Å². The highest BCUT2D eigenvalue weighted by Gasteiger charge is 2.31. The third-order valence-corrected chi connectivity index (χ3v) is 5.21. The van der Waals surface area contributed by atoms with Crippen LogP contribution in [0.25, 0.3) is 28.1 Å². The fourth-order valence-corrected chi connectivity index (χ4v) is 3.53. The summed E-state index contributed by atoms with van der Waals surface area (Å²) in [6.07, 6.45) is 5.35. The van der Waals surface area contributed by atoms with Gasteiger partial charge < -0.3 is 5.11 Å². The molecule has 1 fully saturated rings. The number of nitrogens with zero attached hydrogens (tertiary/aromatic N) is 5. The first kappa shape index (κ1) is 15.4. The maximum absolute atomic E-state index is 10.6. The molecule has 0 radical (unpaired) electrons. The Kier molecular flexibility index (Phi) is 3.30. The van der Waals surface area contributed by atoms with Gasteiger partial charge in [0.2, 0.25) is 0 Å². The first-order chi connectivity index (χ1) is 12.6. The Morgan fingerprint density at radius 1 is 1.15 bits per heavy atom. The van der Waals surface area contributed by atoms with E-state index in [2.05, 4.69) is 20.2 Å². The van der Waals surface area contributed by atoms with Gasteiger partial charge in [0.1, 0.15) is 0 Å². The van der Waals surface area contributed by atoms with Gasteiger partial charge in [0.25, 0.3) is 0 Å². The van der Waals surface area contributed by atoms with E-state index in [0.717, 1.165) is 57.7 Å². The predicted octanol–water partition coefficient (Wildman–Crippen LogP) is 3.40. The molecule has 1 atom stereocenters. The lowest BCUT2D eigenvalue weighted by molar-refractivity contribution is 0.154. The largest absolute Gasteiger partial charge is 0.388 e. The van der Waals surface area contributed by atoms with E-state index < -0.39 is 6.10 Å². The number of hydrogen-bond donors (Lipinski definition) is 1. The Hall–Kier alpha value is -2.86. The summed E-state index contributed by atoms with van der Waals surface area (Å²) in [6.45, 7) is 3.98. The molecule has 5 rings (SSSR count). The Bertz CT molecular complexity index is 1150. The van der Waals surface area contributed by atoms with E-state index >= 15 is 0 Å². The summed E-state index contributed by atoms with van der Waals surface area (Å²) in [5, 5.41) is 19.4. The molecule has 3 heterocycles. The molecule has 6 heteroatoms. The number of benzene rings is 1. The molecule has 0 aliphatic heterocycles. The van der Waals surface area contributed by atoms with E-state index in [0.29, 0.717) is 5.92 Å². The first-order valence-corrected chi connectivity index (χ1v) is 8.88. The van der Waals surface area contributed by atoms with Crippen molar-refractivity contribution in [2.75, 3.05) is 0 Å². The molecule has 3 aromatic heterocycles. The lowest BCUT2D eigenvalue weighted by Crippen LogP contribution is -2.03. The van der Waals surface area contributed by atoms with E-state index in [1.165, 1.54) is 0 Å². The van der Waals surface area contributed by atoms with E-state index in [9.17, 15) is 5.11 Å². The molecule has 1 aliphatic rings. The van der Waals surface area contributed by atoms with Crippen LogP contribution in [0.1, 0.15) is 35.8 Å². The van der Waals surface area contributed by atoms with Crippen LogP contribution in [0.2, 0.25) is 0 Å². The molecule has 0 saturated heterocycles. The second-order valence-corrected chi connectivity index (χ2v) is 7.10. The highest BCUT2D eigenvalue weighted by atomic mass is 16.3. The van der Waals surface area contributed by atoms with Gasteiger partial charge in [0.05, 0.1) is 22.8 Å². The Morgan fingerprint density at radius 2 is 2.00 bits per heavy atom. The van der Waals surface area contributed by atoms with Crippen LogP contribution in [-0.2, 0) is 0 Å². The summed E-state index contributed by atoms with van der Waals surface area (Å²) < 4.78 is 2.03. The molecule has 1 aliphatic carbocycles. The van der Waals surface area contributed by atoms with E-state index in [-0.39, 0.29) is 0 Å². The van der Waals surface area contributed by atoms with Crippen LogP contribution in [0, 0.1) is 19.8 Å². The van der Waals surface area contributed by atoms with Crippen molar-refractivity contribution < 1.29 is 5.11 Å². The summed E-state index contributed by atoms with van der Waals surface area (Å²) in [5.41, 5.74) is 6.29. The minimum atomic E-state index is -0.421. The number of aliphatic hydroxyl groups is 1. The minimum Gasteiger partial charge on any atom is -0.388 e. The number of aromatic nitrogens is 5. The average molecular weight is 345 g/mol. The van der Waals surface area contributed by atoms with E-state index in [4.69, 9.17) is 0 Å². The number of fused-ring (bicyclic) bond motifs is 3. The van der Waals surface area contributed by atoms with Crippen LogP contribution in [0.5, 0.6) is 0 Å². The molecule has 26 heavy (non-hydrogen) atoms. The summed E-state index contributed by atoms with van der Waals surface area (Å²) in [6, 6.07) is 7.94. The van der Waals surface area contributed by atoms with Gasteiger partial charge in [-0.2, -0.15) is 0 Å². The number of pyridine rings is 1. The lowest BCUT2D eigenvalue weighted by atomic mass is 10.0. The van der Waals surface area contributed by atoms with Crippen molar-refractivity contribution in [3.05, 3.63) is 53.5 Å². The lowest BCUT2D eigenvalue weighted by Gasteiger charge is -2.13.